The average Bonchev–Trinajstić information content (AvgIpc) is 3.58. The number of carbonyl (C=O) groups is 1. The van der Waals surface area contributed by atoms with Gasteiger partial charge >= 0.3 is 0 Å². The van der Waals surface area contributed by atoms with Gasteiger partial charge in [-0.1, -0.05) is 34.4 Å². The second kappa shape index (κ2) is 10.8. The van der Waals surface area contributed by atoms with Crippen LogP contribution in [0.15, 0.2) is 41.1 Å². The quantitative estimate of drug-likeness (QED) is 0.440. The maximum atomic E-state index is 12.6. The summed E-state index contributed by atoms with van der Waals surface area (Å²) >= 11 is 13.8. The molecule has 2 aromatic heterocycles. The molecule has 9 nitrogen and oxygen atoms in total. The Morgan fingerprint density at radius 3 is 2.83 bits per heavy atom. The first-order valence-corrected chi connectivity index (χ1v) is 12.9. The lowest BCUT2D eigenvalue weighted by atomic mass is 9.97. The minimum Gasteiger partial charge on any atom is -0.465 e. The predicted molar refractivity (Wildman–Crippen MR) is 134 cm³/mol. The van der Waals surface area contributed by atoms with Gasteiger partial charge in [-0.3, -0.25) is 4.79 Å². The van der Waals surface area contributed by atoms with Crippen LogP contribution >= 0.6 is 34.5 Å². The van der Waals surface area contributed by atoms with Crippen LogP contribution in [0.1, 0.15) is 53.1 Å². The number of ether oxygens (including phenoxy) is 1. The number of benzene rings is 1. The Morgan fingerprint density at radius 1 is 1.25 bits per heavy atom. The number of thiazole rings is 1. The highest BCUT2D eigenvalue weighted by Crippen LogP contribution is 2.37. The Bertz CT molecular complexity index is 1350. The van der Waals surface area contributed by atoms with Crippen molar-refractivity contribution in [1.82, 2.24) is 19.9 Å². The van der Waals surface area contributed by atoms with E-state index < -0.39 is 6.10 Å². The zero-order valence-electron chi connectivity index (χ0n) is 18.9. The van der Waals surface area contributed by atoms with Crippen molar-refractivity contribution < 1.29 is 14.4 Å². The second-order valence-electron chi connectivity index (χ2n) is 8.32. The first-order chi connectivity index (χ1) is 17.5. The molecule has 0 spiro atoms. The smallest absolute Gasteiger partial charge is 0.260 e. The molecule has 1 atom stereocenters. The zero-order valence-corrected chi connectivity index (χ0v) is 21.3. The summed E-state index contributed by atoms with van der Waals surface area (Å²) < 4.78 is 5.43. The molecule has 1 aromatic carbocycles. The lowest BCUT2D eigenvalue weighted by Crippen LogP contribution is -2.40. The third-order valence-electron chi connectivity index (χ3n) is 6.13. The Hall–Kier alpha value is -3.26. The first-order valence-electron chi connectivity index (χ1n) is 11.3. The van der Waals surface area contributed by atoms with E-state index in [0.29, 0.717) is 35.7 Å². The summed E-state index contributed by atoms with van der Waals surface area (Å²) in [7, 11) is 0. The lowest BCUT2D eigenvalue weighted by molar-refractivity contribution is -0.134. The highest BCUT2D eigenvalue weighted by atomic mass is 35.5. The molecule has 1 unspecified atom stereocenters. The number of nitriles is 1. The molecule has 12 heteroatoms. The van der Waals surface area contributed by atoms with Crippen molar-refractivity contribution in [2.24, 2.45) is 5.16 Å². The molecule has 1 fully saturated rings. The number of oxime groups is 1. The molecule has 0 radical (unpaired) electrons. The second-order valence-corrected chi connectivity index (χ2v) is 9.97. The van der Waals surface area contributed by atoms with Crippen LogP contribution in [-0.2, 0) is 9.63 Å². The fourth-order valence-corrected chi connectivity index (χ4v) is 5.71. The maximum absolute atomic E-state index is 12.6. The van der Waals surface area contributed by atoms with Crippen molar-refractivity contribution in [3.05, 3.63) is 68.0 Å². The van der Waals surface area contributed by atoms with Crippen LogP contribution < -0.4 is 4.74 Å². The molecule has 0 saturated carbocycles. The van der Waals surface area contributed by atoms with Crippen LogP contribution in [0, 0.1) is 11.3 Å². The molecule has 5 rings (SSSR count). The topological polar surface area (TPSA) is 114 Å². The van der Waals surface area contributed by atoms with Gasteiger partial charge in [0.2, 0.25) is 0 Å². The molecule has 0 bridgehead atoms. The minimum absolute atomic E-state index is 0.116. The third kappa shape index (κ3) is 5.14. The monoisotopic (exact) mass is 542 g/mol. The number of piperidine rings is 1. The highest BCUT2D eigenvalue weighted by Gasteiger charge is 2.31. The van der Waals surface area contributed by atoms with Gasteiger partial charge in [-0.25, -0.2) is 15.0 Å². The fraction of sp³-hybridized carbons (Fsp3) is 0.333. The van der Waals surface area contributed by atoms with E-state index in [1.165, 1.54) is 12.4 Å². The zero-order chi connectivity index (χ0) is 25.1. The molecule has 4 heterocycles. The molecule has 2 aliphatic heterocycles. The molecule has 184 valence electrons. The predicted octanol–water partition coefficient (Wildman–Crippen LogP) is 4.76. The number of nitrogens with zero attached hydrogens (tertiary/aromatic N) is 6. The Balaban J connectivity index is 1.15. The van der Waals surface area contributed by atoms with Crippen LogP contribution in [0.5, 0.6) is 5.88 Å². The minimum atomic E-state index is -0.415. The largest absolute Gasteiger partial charge is 0.465 e. The first kappa shape index (κ1) is 24.4. The van der Waals surface area contributed by atoms with Gasteiger partial charge in [0, 0.05) is 53.8 Å². The third-order valence-corrected chi connectivity index (χ3v) is 7.73. The van der Waals surface area contributed by atoms with Crippen LogP contribution in [-0.4, -0.2) is 51.2 Å². The number of likely N-dealkylation sites (tertiary alicyclic amines) is 1. The lowest BCUT2D eigenvalue weighted by Gasteiger charge is -2.31. The van der Waals surface area contributed by atoms with Crippen LogP contribution in [0.4, 0.5) is 0 Å². The normalized spacial score (nSPS) is 17.9. The Labute approximate surface area is 221 Å². The summed E-state index contributed by atoms with van der Waals surface area (Å²) in [6, 6.07) is 7.38. The van der Waals surface area contributed by atoms with Crippen LogP contribution in [0.2, 0.25) is 10.2 Å². The standard InChI is InChI=1S/C24H20Cl2N6O3S/c25-16-3-1-2-15(11-27)21(16)19-10-17(31-35-19)18-13-36-24(30-18)14-4-8-32(9-5-14)20(33)12-34-23-22(26)28-6-7-29-23/h1-3,6-7,13-14,19H,4-5,8-10,12H2. The van der Waals surface area contributed by atoms with Gasteiger partial charge in [0.25, 0.3) is 11.8 Å². The number of amides is 1. The van der Waals surface area contributed by atoms with E-state index in [0.717, 1.165) is 29.3 Å². The molecule has 0 N–H and O–H groups in total. The van der Waals surface area contributed by atoms with E-state index in [2.05, 4.69) is 21.2 Å². The molecular weight excluding hydrogens is 523 g/mol. The molecule has 0 aliphatic carbocycles. The average molecular weight is 543 g/mol. The van der Waals surface area contributed by atoms with Gasteiger partial charge in [-0.15, -0.1) is 11.3 Å². The molecule has 1 saturated heterocycles. The Morgan fingerprint density at radius 2 is 2.06 bits per heavy atom. The number of aromatic nitrogens is 3. The van der Waals surface area contributed by atoms with Gasteiger partial charge in [0.15, 0.2) is 17.9 Å². The molecular formula is C24H20Cl2N6O3S. The van der Waals surface area contributed by atoms with Gasteiger partial charge in [-0.2, -0.15) is 5.26 Å². The van der Waals surface area contributed by atoms with Gasteiger partial charge < -0.3 is 14.5 Å². The summed E-state index contributed by atoms with van der Waals surface area (Å²) in [5, 5.41) is 17.3. The molecule has 36 heavy (non-hydrogen) atoms. The van der Waals surface area contributed by atoms with Gasteiger partial charge in [0.1, 0.15) is 5.71 Å². The van der Waals surface area contributed by atoms with Gasteiger partial charge in [-0.05, 0) is 25.0 Å². The SMILES string of the molecule is N#Cc1cccc(Cl)c1C1CC(c2csc(C3CCN(C(=O)COc4nccnc4Cl)CC3)n2)=NO1. The number of rotatable bonds is 6. The van der Waals surface area contributed by atoms with Crippen molar-refractivity contribution in [1.29, 1.82) is 5.26 Å². The fourth-order valence-electron chi connectivity index (χ4n) is 4.26. The van der Waals surface area contributed by atoms with Crippen molar-refractivity contribution in [3.8, 4) is 11.9 Å². The maximum Gasteiger partial charge on any atom is 0.260 e. The van der Waals surface area contributed by atoms with E-state index >= 15 is 0 Å². The number of carbonyl (C=O) groups excluding carboxylic acids is 1. The molecule has 1 amide bonds. The summed E-state index contributed by atoms with van der Waals surface area (Å²) in [6.07, 6.45) is 4.61. The summed E-state index contributed by atoms with van der Waals surface area (Å²) in [5.41, 5.74) is 2.64. The highest BCUT2D eigenvalue weighted by molar-refractivity contribution is 7.10. The number of hydrogen-bond donors (Lipinski definition) is 0. The summed E-state index contributed by atoms with van der Waals surface area (Å²) in [5.74, 6) is 0.294. The van der Waals surface area contributed by atoms with Crippen molar-refractivity contribution in [2.45, 2.75) is 31.3 Å². The van der Waals surface area contributed by atoms with Crippen LogP contribution in [0.25, 0.3) is 0 Å². The van der Waals surface area contributed by atoms with E-state index in [9.17, 15) is 10.1 Å². The molecule has 2 aliphatic rings. The van der Waals surface area contributed by atoms with Gasteiger partial charge in [0.05, 0.1) is 22.3 Å². The number of hydrogen-bond acceptors (Lipinski definition) is 9. The van der Waals surface area contributed by atoms with E-state index in [4.69, 9.17) is 37.8 Å². The van der Waals surface area contributed by atoms with Crippen molar-refractivity contribution in [2.75, 3.05) is 19.7 Å². The van der Waals surface area contributed by atoms with Crippen LogP contribution in [0.3, 0.4) is 0 Å². The number of halogens is 2. The van der Waals surface area contributed by atoms with E-state index in [1.54, 1.807) is 34.4 Å². The Kier molecular flexibility index (Phi) is 7.32. The van der Waals surface area contributed by atoms with E-state index in [-0.39, 0.29) is 29.5 Å². The molecule has 3 aromatic rings. The summed E-state index contributed by atoms with van der Waals surface area (Å²) in [6.45, 7) is 1.10. The van der Waals surface area contributed by atoms with Crippen molar-refractivity contribution >= 4 is 46.2 Å². The van der Waals surface area contributed by atoms with Crippen molar-refractivity contribution in [3.63, 3.8) is 0 Å². The van der Waals surface area contributed by atoms with E-state index in [1.807, 2.05) is 5.38 Å². The summed E-state index contributed by atoms with van der Waals surface area (Å²) in [4.78, 5) is 32.7.